The van der Waals surface area contributed by atoms with E-state index in [0.29, 0.717) is 0 Å². The molecule has 3 nitrogen and oxygen atoms in total. The molecule has 0 radical (unpaired) electrons. The minimum Gasteiger partial charge on any atom is -0.481 e. The summed E-state index contributed by atoms with van der Waals surface area (Å²) in [4.78, 5) is 11.8. The maximum Gasteiger partial charge on any atom is 0.303 e. The average molecular weight is 253 g/mol. The molecule has 0 saturated heterocycles. The largest absolute Gasteiger partial charge is 0.481 e. The van der Waals surface area contributed by atoms with Crippen LogP contribution in [0.15, 0.2) is 23.1 Å². The molecule has 0 aliphatic heterocycles. The number of nitrogens with two attached hydrogens (primary N) is 1. The number of aliphatic carboxylic acids is 1. The van der Waals surface area contributed by atoms with Crippen molar-refractivity contribution in [2.75, 3.05) is 12.0 Å². The van der Waals surface area contributed by atoms with Crippen molar-refractivity contribution in [3.8, 4) is 0 Å². The summed E-state index contributed by atoms with van der Waals surface area (Å²) in [6.07, 6.45) is 2.90. The maximum absolute atomic E-state index is 10.8. The highest BCUT2D eigenvalue weighted by Gasteiger charge is 2.22. The Morgan fingerprint density at radius 3 is 2.65 bits per heavy atom. The second-order valence-electron chi connectivity index (χ2n) is 4.99. The molecule has 1 aromatic rings. The SMILES string of the molecule is CSc1cc(CC(C)(C)CC(=O)O)ccc1N. The van der Waals surface area contributed by atoms with Crippen LogP contribution in [0.2, 0.25) is 0 Å². The molecule has 0 aromatic heterocycles. The molecule has 0 aliphatic rings. The molecular weight excluding hydrogens is 234 g/mol. The fourth-order valence-electron chi connectivity index (χ4n) is 1.89. The summed E-state index contributed by atoms with van der Waals surface area (Å²) in [5.74, 6) is -0.754. The Hall–Kier alpha value is -1.16. The molecule has 0 bridgehead atoms. The smallest absolute Gasteiger partial charge is 0.303 e. The first-order chi connectivity index (χ1) is 7.84. The topological polar surface area (TPSA) is 63.3 Å². The van der Waals surface area contributed by atoms with Gasteiger partial charge >= 0.3 is 5.97 Å². The van der Waals surface area contributed by atoms with Gasteiger partial charge in [0.25, 0.3) is 0 Å². The third-order valence-corrected chi connectivity index (χ3v) is 3.40. The first-order valence-electron chi connectivity index (χ1n) is 5.48. The van der Waals surface area contributed by atoms with Gasteiger partial charge in [0.15, 0.2) is 0 Å². The summed E-state index contributed by atoms with van der Waals surface area (Å²) in [5.41, 5.74) is 7.50. The number of carboxylic acids is 1. The van der Waals surface area contributed by atoms with E-state index in [1.54, 1.807) is 11.8 Å². The minimum absolute atomic E-state index is 0.173. The fraction of sp³-hybridized carbons (Fsp3) is 0.462. The van der Waals surface area contributed by atoms with Crippen molar-refractivity contribution in [3.05, 3.63) is 23.8 Å². The van der Waals surface area contributed by atoms with Gasteiger partial charge in [0, 0.05) is 10.6 Å². The van der Waals surface area contributed by atoms with Crippen LogP contribution in [0.1, 0.15) is 25.8 Å². The molecule has 3 N–H and O–H groups in total. The normalized spacial score (nSPS) is 11.5. The van der Waals surface area contributed by atoms with Crippen LogP contribution < -0.4 is 5.73 Å². The van der Waals surface area contributed by atoms with Gasteiger partial charge < -0.3 is 10.8 Å². The number of thioether (sulfide) groups is 1. The molecule has 1 rings (SSSR count). The van der Waals surface area contributed by atoms with Crippen molar-refractivity contribution in [1.82, 2.24) is 0 Å². The maximum atomic E-state index is 10.8. The van der Waals surface area contributed by atoms with Gasteiger partial charge in [0.1, 0.15) is 0 Å². The summed E-state index contributed by atoms with van der Waals surface area (Å²) >= 11 is 1.61. The predicted octanol–water partition coefficient (Wildman–Crippen LogP) is 3.03. The van der Waals surface area contributed by atoms with Gasteiger partial charge in [0.2, 0.25) is 0 Å². The standard InChI is InChI=1S/C13H19NO2S/c1-13(2,8-12(15)16)7-9-4-5-10(14)11(6-9)17-3/h4-6H,7-8,14H2,1-3H3,(H,15,16). The van der Waals surface area contributed by atoms with Gasteiger partial charge in [-0.3, -0.25) is 4.79 Å². The van der Waals surface area contributed by atoms with E-state index in [0.717, 1.165) is 22.6 Å². The molecule has 4 heteroatoms. The Bertz CT molecular complexity index is 416. The Kier molecular flexibility index (Phi) is 4.46. The van der Waals surface area contributed by atoms with Crippen molar-refractivity contribution in [1.29, 1.82) is 0 Å². The summed E-state index contributed by atoms with van der Waals surface area (Å²) in [6, 6.07) is 5.90. The molecule has 0 aliphatic carbocycles. The molecule has 0 atom stereocenters. The van der Waals surface area contributed by atoms with E-state index < -0.39 is 5.97 Å². The number of hydrogen-bond donors (Lipinski definition) is 2. The minimum atomic E-state index is -0.754. The van der Waals surface area contributed by atoms with Crippen molar-refractivity contribution >= 4 is 23.4 Å². The second-order valence-corrected chi connectivity index (χ2v) is 5.84. The number of hydrogen-bond acceptors (Lipinski definition) is 3. The number of carboxylic acid groups (broad SMARTS) is 1. The molecule has 17 heavy (non-hydrogen) atoms. The summed E-state index contributed by atoms with van der Waals surface area (Å²) in [6.45, 7) is 3.94. The van der Waals surface area contributed by atoms with Crippen LogP contribution in [0.3, 0.4) is 0 Å². The third kappa shape index (κ3) is 4.30. The lowest BCUT2D eigenvalue weighted by Gasteiger charge is -2.22. The quantitative estimate of drug-likeness (QED) is 0.625. The Morgan fingerprint density at radius 1 is 1.47 bits per heavy atom. The third-order valence-electron chi connectivity index (χ3n) is 2.61. The van der Waals surface area contributed by atoms with Gasteiger partial charge in [0.05, 0.1) is 6.42 Å². The highest BCUT2D eigenvalue weighted by atomic mass is 32.2. The Labute approximate surface area is 106 Å². The van der Waals surface area contributed by atoms with Crippen molar-refractivity contribution in [3.63, 3.8) is 0 Å². The Morgan fingerprint density at radius 2 is 2.12 bits per heavy atom. The van der Waals surface area contributed by atoms with E-state index in [4.69, 9.17) is 10.8 Å². The van der Waals surface area contributed by atoms with E-state index in [9.17, 15) is 4.79 Å². The van der Waals surface area contributed by atoms with Crippen molar-refractivity contribution in [2.45, 2.75) is 31.6 Å². The monoisotopic (exact) mass is 253 g/mol. The van der Waals surface area contributed by atoms with E-state index in [1.807, 2.05) is 38.3 Å². The molecule has 1 aromatic carbocycles. The van der Waals surface area contributed by atoms with Crippen LogP contribution >= 0.6 is 11.8 Å². The zero-order valence-electron chi connectivity index (χ0n) is 10.5. The first-order valence-corrected chi connectivity index (χ1v) is 6.71. The van der Waals surface area contributed by atoms with Crippen LogP contribution in [0.5, 0.6) is 0 Å². The molecule has 0 saturated carbocycles. The summed E-state index contributed by atoms with van der Waals surface area (Å²) in [7, 11) is 0. The van der Waals surface area contributed by atoms with E-state index in [1.165, 1.54) is 0 Å². The summed E-state index contributed by atoms with van der Waals surface area (Å²) < 4.78 is 0. The van der Waals surface area contributed by atoms with E-state index in [2.05, 4.69) is 0 Å². The summed E-state index contributed by atoms with van der Waals surface area (Å²) in [5, 5.41) is 8.85. The predicted molar refractivity (Wildman–Crippen MR) is 72.4 cm³/mol. The van der Waals surface area contributed by atoms with Gasteiger partial charge in [-0.15, -0.1) is 11.8 Å². The average Bonchev–Trinajstić information content (AvgIpc) is 2.18. The number of anilines is 1. The van der Waals surface area contributed by atoms with Crippen molar-refractivity contribution < 1.29 is 9.90 Å². The zero-order chi connectivity index (χ0) is 13.1. The molecule has 0 heterocycles. The van der Waals surface area contributed by atoms with Gasteiger partial charge in [-0.05, 0) is 35.8 Å². The van der Waals surface area contributed by atoms with E-state index >= 15 is 0 Å². The van der Waals surface area contributed by atoms with Gasteiger partial charge in [-0.1, -0.05) is 19.9 Å². The molecule has 0 spiro atoms. The van der Waals surface area contributed by atoms with E-state index in [-0.39, 0.29) is 11.8 Å². The van der Waals surface area contributed by atoms with Gasteiger partial charge in [-0.2, -0.15) is 0 Å². The zero-order valence-corrected chi connectivity index (χ0v) is 11.3. The number of rotatable bonds is 5. The number of carbonyl (C=O) groups is 1. The van der Waals surface area contributed by atoms with Crippen molar-refractivity contribution in [2.24, 2.45) is 5.41 Å². The molecule has 0 amide bonds. The van der Waals surface area contributed by atoms with Crippen LogP contribution in [0.4, 0.5) is 5.69 Å². The molecule has 0 fully saturated rings. The second kappa shape index (κ2) is 5.45. The van der Waals surface area contributed by atoms with Gasteiger partial charge in [-0.25, -0.2) is 0 Å². The van der Waals surface area contributed by atoms with Crippen LogP contribution in [-0.4, -0.2) is 17.3 Å². The van der Waals surface area contributed by atoms with Crippen LogP contribution in [0, 0.1) is 5.41 Å². The lowest BCUT2D eigenvalue weighted by Crippen LogP contribution is -2.19. The highest BCUT2D eigenvalue weighted by Crippen LogP contribution is 2.30. The number of benzene rings is 1. The lowest BCUT2D eigenvalue weighted by atomic mass is 9.83. The van der Waals surface area contributed by atoms with Crippen LogP contribution in [0.25, 0.3) is 0 Å². The molecule has 0 unspecified atom stereocenters. The number of nitrogen functional groups attached to an aromatic ring is 1. The molecular formula is C13H19NO2S. The fourth-order valence-corrected chi connectivity index (χ4v) is 2.46. The molecule has 94 valence electrons. The Balaban J connectivity index is 2.84. The first kappa shape index (κ1) is 13.9. The lowest BCUT2D eigenvalue weighted by molar-refractivity contribution is -0.139. The highest BCUT2D eigenvalue weighted by molar-refractivity contribution is 7.98. The van der Waals surface area contributed by atoms with Crippen LogP contribution in [-0.2, 0) is 11.2 Å².